The smallest absolute Gasteiger partial charge is 0.433 e. The Bertz CT molecular complexity index is 1310. The van der Waals surface area contributed by atoms with Crippen molar-refractivity contribution in [2.75, 3.05) is 19.5 Å². The average Bonchev–Trinajstić information content (AvgIpc) is 3.43. The van der Waals surface area contributed by atoms with E-state index < -0.39 is 17.8 Å². The third-order valence-corrected chi connectivity index (χ3v) is 5.69. The molecule has 0 aliphatic rings. The molecule has 166 valence electrons. The molecule has 0 saturated carbocycles. The lowest BCUT2D eigenvalue weighted by Crippen LogP contribution is -2.16. The summed E-state index contributed by atoms with van der Waals surface area (Å²) < 4.78 is 52.0. The second kappa shape index (κ2) is 8.32. The predicted molar refractivity (Wildman–Crippen MR) is 114 cm³/mol. The molecule has 1 N–H and O–H groups in total. The molecular formula is C20H14ClF3N4O3S. The van der Waals surface area contributed by atoms with Gasteiger partial charge < -0.3 is 14.8 Å². The molecule has 1 amide bonds. The quantitative estimate of drug-likeness (QED) is 0.412. The second-order valence-electron chi connectivity index (χ2n) is 6.44. The van der Waals surface area contributed by atoms with Gasteiger partial charge in [0.05, 0.1) is 41.7 Å². The maximum Gasteiger partial charge on any atom is 0.433 e. The van der Waals surface area contributed by atoms with E-state index in [9.17, 15) is 18.0 Å². The Hall–Kier alpha value is -3.31. The number of ether oxygens (including phenoxy) is 2. The largest absolute Gasteiger partial charge is 0.495 e. The molecule has 12 heteroatoms. The topological polar surface area (TPSA) is 77.8 Å². The van der Waals surface area contributed by atoms with Crippen LogP contribution in [0.1, 0.15) is 16.1 Å². The summed E-state index contributed by atoms with van der Waals surface area (Å²) in [6.45, 7) is 0. The van der Waals surface area contributed by atoms with E-state index in [1.165, 1.54) is 37.7 Å². The molecule has 0 radical (unpaired) electrons. The van der Waals surface area contributed by atoms with Gasteiger partial charge in [-0.1, -0.05) is 17.7 Å². The summed E-state index contributed by atoms with van der Waals surface area (Å²) in [6, 6.07) is 7.13. The van der Waals surface area contributed by atoms with Crippen LogP contribution < -0.4 is 14.8 Å². The van der Waals surface area contributed by atoms with E-state index >= 15 is 0 Å². The van der Waals surface area contributed by atoms with Crippen LogP contribution >= 0.6 is 22.9 Å². The molecule has 0 bridgehead atoms. The number of nitrogens with zero attached hydrogens (tertiary/aromatic N) is 3. The van der Waals surface area contributed by atoms with Gasteiger partial charge in [-0.05, 0) is 17.5 Å². The van der Waals surface area contributed by atoms with Crippen LogP contribution in [0.25, 0.3) is 16.2 Å². The summed E-state index contributed by atoms with van der Waals surface area (Å²) in [7, 11) is 2.78. The van der Waals surface area contributed by atoms with Crippen LogP contribution in [0.5, 0.6) is 11.5 Å². The number of benzene rings is 1. The van der Waals surface area contributed by atoms with Gasteiger partial charge in [-0.15, -0.1) is 11.3 Å². The van der Waals surface area contributed by atoms with E-state index in [4.69, 9.17) is 21.1 Å². The third-order valence-electron chi connectivity index (χ3n) is 4.50. The zero-order valence-electron chi connectivity index (χ0n) is 16.5. The SMILES string of the molecule is COc1cc(NC(=O)c2cnn3c(C(F)(F)F)cc(-c4cccs4)nc23)c(OC)cc1Cl. The summed E-state index contributed by atoms with van der Waals surface area (Å²) >= 11 is 7.31. The number of hydrogen-bond donors (Lipinski definition) is 1. The van der Waals surface area contributed by atoms with Crippen molar-refractivity contribution in [1.29, 1.82) is 0 Å². The highest BCUT2D eigenvalue weighted by molar-refractivity contribution is 7.13. The van der Waals surface area contributed by atoms with Crippen molar-refractivity contribution in [1.82, 2.24) is 14.6 Å². The number of hydrogen-bond acceptors (Lipinski definition) is 6. The lowest BCUT2D eigenvalue weighted by atomic mass is 10.2. The van der Waals surface area contributed by atoms with Gasteiger partial charge in [-0.3, -0.25) is 4.79 Å². The first kappa shape index (κ1) is 21.9. The number of aromatic nitrogens is 3. The van der Waals surface area contributed by atoms with Crippen LogP contribution in [0.2, 0.25) is 5.02 Å². The Labute approximate surface area is 188 Å². The number of halogens is 4. The highest BCUT2D eigenvalue weighted by Gasteiger charge is 2.36. The number of carbonyl (C=O) groups excluding carboxylic acids is 1. The van der Waals surface area contributed by atoms with Crippen LogP contribution in [0.4, 0.5) is 18.9 Å². The van der Waals surface area contributed by atoms with E-state index in [2.05, 4.69) is 15.4 Å². The average molecular weight is 483 g/mol. The lowest BCUT2D eigenvalue weighted by molar-refractivity contribution is -0.142. The van der Waals surface area contributed by atoms with Crippen LogP contribution in [-0.2, 0) is 6.18 Å². The summed E-state index contributed by atoms with van der Waals surface area (Å²) in [5.74, 6) is -0.212. The number of carbonyl (C=O) groups is 1. The van der Waals surface area contributed by atoms with Gasteiger partial charge in [-0.25, -0.2) is 9.50 Å². The molecule has 4 rings (SSSR count). The summed E-state index contributed by atoms with van der Waals surface area (Å²) in [4.78, 5) is 17.8. The van der Waals surface area contributed by atoms with Gasteiger partial charge in [0.15, 0.2) is 11.3 Å². The first-order valence-electron chi connectivity index (χ1n) is 8.95. The maximum atomic E-state index is 13.7. The monoisotopic (exact) mass is 482 g/mol. The van der Waals surface area contributed by atoms with Crippen molar-refractivity contribution < 1.29 is 27.4 Å². The minimum atomic E-state index is -4.71. The van der Waals surface area contributed by atoms with E-state index in [-0.39, 0.29) is 39.1 Å². The fourth-order valence-electron chi connectivity index (χ4n) is 3.02. The molecule has 0 spiro atoms. The molecule has 7 nitrogen and oxygen atoms in total. The van der Waals surface area contributed by atoms with E-state index in [0.29, 0.717) is 9.39 Å². The third kappa shape index (κ3) is 3.96. The van der Waals surface area contributed by atoms with E-state index in [0.717, 1.165) is 12.3 Å². The molecule has 1 aromatic carbocycles. The molecule has 3 aromatic heterocycles. The van der Waals surface area contributed by atoms with Crippen LogP contribution in [-0.4, -0.2) is 34.7 Å². The Kier molecular flexibility index (Phi) is 5.70. The second-order valence-corrected chi connectivity index (χ2v) is 7.79. The number of anilines is 1. The molecule has 4 aromatic rings. The number of rotatable bonds is 5. The van der Waals surface area contributed by atoms with Crippen molar-refractivity contribution in [3.05, 3.63) is 58.2 Å². The first-order chi connectivity index (χ1) is 15.2. The Balaban J connectivity index is 1.82. The number of nitrogens with one attached hydrogen (secondary N) is 1. The van der Waals surface area contributed by atoms with Crippen LogP contribution in [0.3, 0.4) is 0 Å². The molecule has 3 heterocycles. The number of alkyl halides is 3. The molecular weight excluding hydrogens is 469 g/mol. The number of fused-ring (bicyclic) bond motifs is 1. The predicted octanol–water partition coefficient (Wildman–Crippen LogP) is 5.40. The van der Waals surface area contributed by atoms with Crippen molar-refractivity contribution >= 4 is 40.2 Å². The summed E-state index contributed by atoms with van der Waals surface area (Å²) in [5, 5.41) is 8.34. The zero-order chi connectivity index (χ0) is 23.0. The maximum absolute atomic E-state index is 13.7. The van der Waals surface area contributed by atoms with E-state index in [1.807, 2.05) is 0 Å². The molecule has 0 aliphatic heterocycles. The van der Waals surface area contributed by atoms with Gasteiger partial charge in [0.25, 0.3) is 5.91 Å². The molecule has 0 unspecified atom stereocenters. The highest BCUT2D eigenvalue weighted by Crippen LogP contribution is 2.37. The van der Waals surface area contributed by atoms with Gasteiger partial charge in [0.1, 0.15) is 17.1 Å². The van der Waals surface area contributed by atoms with Gasteiger partial charge in [-0.2, -0.15) is 18.3 Å². The zero-order valence-corrected chi connectivity index (χ0v) is 18.1. The number of thiophene rings is 1. The molecule has 0 aliphatic carbocycles. The number of methoxy groups -OCH3 is 2. The van der Waals surface area contributed by atoms with Crippen molar-refractivity contribution in [3.63, 3.8) is 0 Å². The van der Waals surface area contributed by atoms with Crippen molar-refractivity contribution in [3.8, 4) is 22.1 Å². The molecule has 0 saturated heterocycles. The fourth-order valence-corrected chi connectivity index (χ4v) is 3.94. The molecule has 32 heavy (non-hydrogen) atoms. The standard InChI is InChI=1S/C20H14ClF3N4O3S/c1-30-14-7-12(15(31-2)6-11(14)21)27-19(29)10-9-25-28-17(20(22,23)24)8-13(26-18(10)28)16-4-3-5-32-16/h3-9H,1-2H3,(H,27,29). The molecule has 0 fully saturated rings. The minimum absolute atomic E-state index is 0.0834. The van der Waals surface area contributed by atoms with Crippen molar-refractivity contribution in [2.24, 2.45) is 0 Å². The summed E-state index contributed by atoms with van der Waals surface area (Å²) in [5.41, 5.74) is -1.13. The normalized spacial score (nSPS) is 11.6. The lowest BCUT2D eigenvalue weighted by Gasteiger charge is -2.13. The summed E-state index contributed by atoms with van der Waals surface area (Å²) in [6.07, 6.45) is -3.68. The van der Waals surface area contributed by atoms with Gasteiger partial charge >= 0.3 is 6.18 Å². The Morgan fingerprint density at radius 2 is 1.94 bits per heavy atom. The highest BCUT2D eigenvalue weighted by atomic mass is 35.5. The van der Waals surface area contributed by atoms with Crippen LogP contribution in [0, 0.1) is 0 Å². The number of amides is 1. The minimum Gasteiger partial charge on any atom is -0.495 e. The molecule has 0 atom stereocenters. The van der Waals surface area contributed by atoms with Gasteiger partial charge in [0, 0.05) is 12.1 Å². The Morgan fingerprint density at radius 1 is 1.19 bits per heavy atom. The van der Waals surface area contributed by atoms with E-state index in [1.54, 1.807) is 17.5 Å². The Morgan fingerprint density at radius 3 is 2.56 bits per heavy atom. The fraction of sp³-hybridized carbons (Fsp3) is 0.150. The van der Waals surface area contributed by atoms with Crippen molar-refractivity contribution in [2.45, 2.75) is 6.18 Å². The van der Waals surface area contributed by atoms with Crippen LogP contribution in [0.15, 0.2) is 41.9 Å². The van der Waals surface area contributed by atoms with Gasteiger partial charge in [0.2, 0.25) is 0 Å². The first-order valence-corrected chi connectivity index (χ1v) is 10.2.